The van der Waals surface area contributed by atoms with Crippen molar-refractivity contribution in [2.24, 2.45) is 0 Å². The van der Waals surface area contributed by atoms with Crippen molar-refractivity contribution in [3.63, 3.8) is 0 Å². The lowest BCUT2D eigenvalue weighted by atomic mass is 10.3. The van der Waals surface area contributed by atoms with Gasteiger partial charge in [-0.2, -0.15) is 0 Å². The van der Waals surface area contributed by atoms with E-state index in [2.05, 4.69) is 26.3 Å². The van der Waals surface area contributed by atoms with Crippen molar-refractivity contribution < 1.29 is 0 Å². The van der Waals surface area contributed by atoms with Gasteiger partial charge in [0.2, 0.25) is 0 Å². The second-order valence-corrected chi connectivity index (χ2v) is 2.39. The van der Waals surface area contributed by atoms with E-state index in [1.165, 1.54) is 0 Å². The van der Waals surface area contributed by atoms with Crippen molar-refractivity contribution >= 4 is 0 Å². The summed E-state index contributed by atoms with van der Waals surface area (Å²) in [7, 11) is 0. The molecule has 0 amide bonds. The molecule has 0 aliphatic heterocycles. The first-order valence-corrected chi connectivity index (χ1v) is 3.58. The number of nitrogens with zero attached hydrogens (tertiary/aromatic N) is 3. The van der Waals surface area contributed by atoms with Crippen LogP contribution in [0.4, 0.5) is 0 Å². The third-order valence-electron chi connectivity index (χ3n) is 1.54. The van der Waals surface area contributed by atoms with E-state index in [0.717, 1.165) is 11.4 Å². The second-order valence-electron chi connectivity index (χ2n) is 2.39. The predicted molar refractivity (Wildman–Crippen MR) is 43.2 cm³/mol. The molecule has 2 rings (SSSR count). The number of hydrogen-bond acceptors (Lipinski definition) is 3. The lowest BCUT2D eigenvalue weighted by Gasteiger charge is -1.93. The van der Waals surface area contributed by atoms with Crippen LogP contribution in [0.5, 0.6) is 0 Å². The van der Waals surface area contributed by atoms with Gasteiger partial charge in [0.1, 0.15) is 5.69 Å². The highest BCUT2D eigenvalue weighted by Crippen LogP contribution is 2.12. The van der Waals surface area contributed by atoms with E-state index in [9.17, 15) is 0 Å². The Morgan fingerprint density at radius 2 is 2.08 bits per heavy atom. The molecule has 0 atom stereocenters. The Balaban J connectivity index is 2.51. The first-order chi connectivity index (χ1) is 5.88. The number of aryl methyl sites for hydroxylation is 1. The second kappa shape index (κ2) is 2.73. The Bertz CT molecular complexity index is 366. The average Bonchev–Trinajstić information content (AvgIpc) is 2.53. The maximum Gasteiger partial charge on any atom is 0.179 e. The van der Waals surface area contributed by atoms with Gasteiger partial charge in [0, 0.05) is 18.1 Å². The smallest absolute Gasteiger partial charge is 0.179 e. The van der Waals surface area contributed by atoms with Crippen LogP contribution < -0.4 is 0 Å². The van der Waals surface area contributed by atoms with Gasteiger partial charge in [-0.15, -0.1) is 0 Å². The van der Waals surface area contributed by atoms with Crippen molar-refractivity contribution in [3.8, 4) is 11.5 Å². The summed E-state index contributed by atoms with van der Waals surface area (Å²) in [4.78, 5) is 15.0. The van der Waals surface area contributed by atoms with Crippen LogP contribution in [0.2, 0.25) is 0 Å². The van der Waals surface area contributed by atoms with Crippen molar-refractivity contribution in [2.75, 3.05) is 0 Å². The first-order valence-electron chi connectivity index (χ1n) is 3.58. The molecule has 0 spiro atoms. The van der Waals surface area contributed by atoms with Crippen molar-refractivity contribution in [2.45, 2.75) is 6.92 Å². The summed E-state index contributed by atoms with van der Waals surface area (Å²) in [6, 6.07) is 1.77. The molecule has 0 saturated carbocycles. The molecule has 0 bridgehead atoms. The standard InChI is InChI=1S/C8H7N4/c1-6-7(12-5-11-6)8-9-3-2-4-10-8/h2-4H,1H3,(H,11,12). The monoisotopic (exact) mass is 159 g/mol. The molecule has 2 heterocycles. The molecular weight excluding hydrogens is 152 g/mol. The van der Waals surface area contributed by atoms with Gasteiger partial charge in [-0.3, -0.25) is 0 Å². The fraction of sp³-hybridized carbons (Fsp3) is 0.125. The van der Waals surface area contributed by atoms with Crippen LogP contribution in [-0.4, -0.2) is 19.9 Å². The van der Waals surface area contributed by atoms with Gasteiger partial charge < -0.3 is 4.98 Å². The molecule has 0 fully saturated rings. The molecule has 1 radical (unpaired) electrons. The Hall–Kier alpha value is -1.71. The maximum atomic E-state index is 4.07. The normalized spacial score (nSPS) is 10.1. The highest BCUT2D eigenvalue weighted by molar-refractivity contribution is 5.50. The van der Waals surface area contributed by atoms with Gasteiger partial charge in [0.25, 0.3) is 0 Å². The number of nitrogens with one attached hydrogen (secondary N) is 1. The summed E-state index contributed by atoms with van der Waals surface area (Å²) in [5.74, 6) is 0.632. The summed E-state index contributed by atoms with van der Waals surface area (Å²) >= 11 is 0. The van der Waals surface area contributed by atoms with Gasteiger partial charge in [-0.25, -0.2) is 15.0 Å². The molecule has 0 aliphatic rings. The van der Waals surface area contributed by atoms with E-state index in [-0.39, 0.29) is 0 Å². The summed E-state index contributed by atoms with van der Waals surface area (Å²) in [5, 5.41) is 0. The molecule has 0 unspecified atom stereocenters. The molecular formula is C8H7N4. The van der Waals surface area contributed by atoms with Crippen LogP contribution in [-0.2, 0) is 0 Å². The molecule has 0 aliphatic carbocycles. The molecule has 4 nitrogen and oxygen atoms in total. The molecule has 2 aromatic heterocycles. The molecule has 4 heteroatoms. The summed E-state index contributed by atoms with van der Waals surface area (Å²) in [6.45, 7) is 1.91. The third-order valence-corrected chi connectivity index (χ3v) is 1.54. The third kappa shape index (κ3) is 1.07. The number of aromatic nitrogens is 4. The minimum Gasteiger partial charge on any atom is -0.339 e. The van der Waals surface area contributed by atoms with Crippen molar-refractivity contribution in [1.82, 2.24) is 19.9 Å². The first kappa shape index (κ1) is 6.97. The minimum atomic E-state index is 0.632. The molecule has 1 N–H and O–H groups in total. The fourth-order valence-electron chi connectivity index (χ4n) is 0.950. The van der Waals surface area contributed by atoms with Crippen LogP contribution in [0.25, 0.3) is 11.5 Å². The highest BCUT2D eigenvalue weighted by Gasteiger charge is 2.05. The van der Waals surface area contributed by atoms with Gasteiger partial charge >= 0.3 is 0 Å². The predicted octanol–water partition coefficient (Wildman–Crippen LogP) is 0.975. The van der Waals surface area contributed by atoms with Gasteiger partial charge in [0.15, 0.2) is 12.2 Å². The van der Waals surface area contributed by atoms with E-state index in [0.29, 0.717) is 5.82 Å². The van der Waals surface area contributed by atoms with E-state index in [4.69, 9.17) is 0 Å². The zero-order valence-corrected chi connectivity index (χ0v) is 6.57. The molecule has 0 saturated heterocycles. The Labute approximate surface area is 69.7 Å². The van der Waals surface area contributed by atoms with Gasteiger partial charge in [-0.1, -0.05) is 0 Å². The SMILES string of the molecule is Cc1[nH][c]nc1-c1ncccn1. The summed E-state index contributed by atoms with van der Waals surface area (Å²) in [6.07, 6.45) is 6.02. The number of aromatic amines is 1. The topological polar surface area (TPSA) is 54.5 Å². The molecule has 2 aromatic rings. The van der Waals surface area contributed by atoms with E-state index < -0.39 is 0 Å². The molecule has 59 valence electrons. The number of rotatable bonds is 1. The van der Waals surface area contributed by atoms with Crippen molar-refractivity contribution in [1.29, 1.82) is 0 Å². The van der Waals surface area contributed by atoms with Crippen LogP contribution >= 0.6 is 0 Å². The number of hydrogen-bond donors (Lipinski definition) is 1. The van der Waals surface area contributed by atoms with Crippen LogP contribution in [0.15, 0.2) is 18.5 Å². The van der Waals surface area contributed by atoms with Crippen LogP contribution in [0.1, 0.15) is 5.69 Å². The molecule has 12 heavy (non-hydrogen) atoms. The lowest BCUT2D eigenvalue weighted by Crippen LogP contribution is -1.88. The zero-order valence-electron chi connectivity index (χ0n) is 6.57. The Morgan fingerprint density at radius 1 is 1.33 bits per heavy atom. The number of imidazole rings is 1. The fourth-order valence-corrected chi connectivity index (χ4v) is 0.950. The van der Waals surface area contributed by atoms with Gasteiger partial charge in [0.05, 0.1) is 0 Å². The van der Waals surface area contributed by atoms with E-state index in [1.54, 1.807) is 18.5 Å². The highest BCUT2D eigenvalue weighted by atomic mass is 15.0. The maximum absolute atomic E-state index is 4.07. The van der Waals surface area contributed by atoms with Gasteiger partial charge in [-0.05, 0) is 13.0 Å². The average molecular weight is 159 g/mol. The Kier molecular flexibility index (Phi) is 1.59. The quantitative estimate of drug-likeness (QED) is 0.674. The minimum absolute atomic E-state index is 0.632. The van der Waals surface area contributed by atoms with Crippen LogP contribution in [0.3, 0.4) is 0 Å². The van der Waals surface area contributed by atoms with Crippen LogP contribution in [0, 0.1) is 13.3 Å². The molecule has 0 aromatic carbocycles. The van der Waals surface area contributed by atoms with Crippen molar-refractivity contribution in [3.05, 3.63) is 30.5 Å². The number of H-pyrrole nitrogens is 1. The van der Waals surface area contributed by atoms with E-state index >= 15 is 0 Å². The summed E-state index contributed by atoms with van der Waals surface area (Å²) < 4.78 is 0. The van der Waals surface area contributed by atoms with E-state index in [1.807, 2.05) is 6.92 Å². The summed E-state index contributed by atoms with van der Waals surface area (Å²) in [5.41, 5.74) is 1.69. The zero-order chi connectivity index (χ0) is 8.39. The Morgan fingerprint density at radius 3 is 2.67 bits per heavy atom. The lowest BCUT2D eigenvalue weighted by molar-refractivity contribution is 1.14. The largest absolute Gasteiger partial charge is 0.339 e.